The van der Waals surface area contributed by atoms with E-state index in [1.165, 1.54) is 24.3 Å². The van der Waals surface area contributed by atoms with E-state index in [9.17, 15) is 29.7 Å². The monoisotopic (exact) mass is 509 g/mol. The second kappa shape index (κ2) is 10.7. The summed E-state index contributed by atoms with van der Waals surface area (Å²) in [5, 5.41) is 32.9. The summed E-state index contributed by atoms with van der Waals surface area (Å²) in [6.45, 7) is 3.37. The lowest BCUT2D eigenvalue weighted by Gasteiger charge is -2.33. The van der Waals surface area contributed by atoms with Gasteiger partial charge in [-0.15, -0.1) is 0 Å². The van der Waals surface area contributed by atoms with E-state index in [2.05, 4.69) is 5.32 Å². The predicted molar refractivity (Wildman–Crippen MR) is 137 cm³/mol. The molecule has 37 heavy (non-hydrogen) atoms. The summed E-state index contributed by atoms with van der Waals surface area (Å²) in [7, 11) is 0. The molecule has 3 aliphatic rings. The van der Waals surface area contributed by atoms with Crippen LogP contribution in [0.15, 0.2) is 51.7 Å². The van der Waals surface area contributed by atoms with Crippen LogP contribution in [0.1, 0.15) is 45.1 Å². The van der Waals surface area contributed by atoms with Gasteiger partial charge < -0.3 is 24.5 Å². The summed E-state index contributed by atoms with van der Waals surface area (Å²) in [6, 6.07) is 9.24. The quantitative estimate of drug-likeness (QED) is 0.245. The minimum atomic E-state index is -1.20. The number of phenolic OH excluding ortho intramolecular Hbond substituents is 1. The maximum absolute atomic E-state index is 12.0. The second-order valence-corrected chi connectivity index (χ2v) is 9.81. The first kappa shape index (κ1) is 26.4. The van der Waals surface area contributed by atoms with Crippen LogP contribution in [0.3, 0.4) is 0 Å². The molecule has 0 radical (unpaired) electrons. The molecule has 1 fully saturated rings. The fourth-order valence-electron chi connectivity index (χ4n) is 4.74. The van der Waals surface area contributed by atoms with Gasteiger partial charge in [0.05, 0.1) is 24.2 Å². The zero-order valence-corrected chi connectivity index (χ0v) is 20.8. The van der Waals surface area contributed by atoms with E-state index in [0.29, 0.717) is 53.5 Å². The summed E-state index contributed by atoms with van der Waals surface area (Å²) >= 11 is 0. The average Bonchev–Trinajstić information content (AvgIpc) is 2.86. The fourth-order valence-corrected chi connectivity index (χ4v) is 4.74. The van der Waals surface area contributed by atoms with E-state index in [1.54, 1.807) is 38.1 Å². The van der Waals surface area contributed by atoms with Crippen LogP contribution < -0.4 is 10.7 Å². The van der Waals surface area contributed by atoms with Gasteiger partial charge in [-0.1, -0.05) is 12.2 Å². The fraction of sp³-hybridized carbons (Fsp3) is 0.393. The molecule has 4 rings (SSSR count). The minimum absolute atomic E-state index is 0.0138. The summed E-state index contributed by atoms with van der Waals surface area (Å²) < 4.78 is 12.0. The van der Waals surface area contributed by atoms with Gasteiger partial charge in [0.1, 0.15) is 17.1 Å². The molecule has 1 heterocycles. The molecule has 1 aromatic carbocycles. The van der Waals surface area contributed by atoms with Gasteiger partial charge in [-0.3, -0.25) is 19.7 Å². The molecule has 0 aromatic heterocycles. The molecular formula is C28H31NO8. The van der Waals surface area contributed by atoms with Crippen molar-refractivity contribution in [3.05, 3.63) is 58.3 Å². The first-order valence-corrected chi connectivity index (χ1v) is 12.3. The highest BCUT2D eigenvalue weighted by molar-refractivity contribution is 5.95. The van der Waals surface area contributed by atoms with Crippen LogP contribution >= 0.6 is 0 Å². The molecule has 1 unspecified atom stereocenters. The van der Waals surface area contributed by atoms with Crippen molar-refractivity contribution in [1.29, 1.82) is 0 Å². The Morgan fingerprint density at radius 2 is 1.89 bits per heavy atom. The summed E-state index contributed by atoms with van der Waals surface area (Å²) in [4.78, 5) is 35.1. The van der Waals surface area contributed by atoms with Gasteiger partial charge in [-0.25, -0.2) is 0 Å². The standard InChI is InChI=1S/C28H31NO8/c1-16(26(32)33)28(2,36-15-29-18-5-3-17(4-6-18)27(34)35)12-11-21-22-9-7-19(30)13-24(22)37-25-14-20(31)8-10-23(21)25/h7-14,16-18,29-30H,3-6,15H2,1-2H3,(H,32,33)(H,34,35)/b12-11+/t16-,17?,18?,28?/m1/s1. The number of aromatic hydroxyl groups is 1. The van der Waals surface area contributed by atoms with E-state index >= 15 is 0 Å². The van der Waals surface area contributed by atoms with Crippen LogP contribution in [0.25, 0.3) is 28.4 Å². The number of phenols is 1. The predicted octanol–water partition coefficient (Wildman–Crippen LogP) is 4.30. The first-order valence-electron chi connectivity index (χ1n) is 12.3. The number of hydrogen-bond donors (Lipinski definition) is 4. The van der Waals surface area contributed by atoms with Crippen molar-refractivity contribution in [3.63, 3.8) is 0 Å². The molecule has 0 amide bonds. The Morgan fingerprint density at radius 1 is 1.16 bits per heavy atom. The van der Waals surface area contributed by atoms with Crippen LogP contribution in [0.5, 0.6) is 5.75 Å². The zero-order valence-electron chi connectivity index (χ0n) is 20.8. The molecule has 4 N–H and O–H groups in total. The maximum atomic E-state index is 12.0. The minimum Gasteiger partial charge on any atom is -0.508 e. The number of hydrogen-bond acceptors (Lipinski definition) is 7. The van der Waals surface area contributed by atoms with Gasteiger partial charge in [-0.2, -0.15) is 0 Å². The van der Waals surface area contributed by atoms with E-state index < -0.39 is 23.5 Å². The third-order valence-corrected chi connectivity index (χ3v) is 7.36. The number of benzene rings is 2. The van der Waals surface area contributed by atoms with Crippen LogP contribution in [0, 0.1) is 11.8 Å². The van der Waals surface area contributed by atoms with Crippen LogP contribution in [-0.2, 0) is 14.3 Å². The van der Waals surface area contributed by atoms with Crippen molar-refractivity contribution in [2.24, 2.45) is 11.8 Å². The number of carbonyl (C=O) groups is 2. The van der Waals surface area contributed by atoms with E-state index in [4.69, 9.17) is 9.15 Å². The molecule has 2 atom stereocenters. The Morgan fingerprint density at radius 3 is 2.57 bits per heavy atom. The van der Waals surface area contributed by atoms with Crippen LogP contribution in [0.4, 0.5) is 0 Å². The summed E-state index contributed by atoms with van der Waals surface area (Å²) in [5.74, 6) is -2.64. The van der Waals surface area contributed by atoms with Crippen molar-refractivity contribution in [2.75, 3.05) is 6.73 Å². The Hall–Kier alpha value is -3.69. The molecular weight excluding hydrogens is 478 g/mol. The van der Waals surface area contributed by atoms with Crippen molar-refractivity contribution >= 4 is 29.0 Å². The lowest BCUT2D eigenvalue weighted by Crippen LogP contribution is -2.43. The number of ether oxygens (including phenoxy) is 1. The van der Waals surface area contributed by atoms with Crippen molar-refractivity contribution in [1.82, 2.24) is 5.32 Å². The number of nitrogens with one attached hydrogen (secondary N) is 1. The molecule has 1 aliphatic heterocycles. The van der Waals surface area contributed by atoms with E-state index in [0.717, 1.165) is 0 Å². The maximum Gasteiger partial charge on any atom is 0.309 e. The lowest BCUT2D eigenvalue weighted by atomic mass is 9.86. The molecule has 9 heteroatoms. The molecule has 9 nitrogen and oxygen atoms in total. The Balaban J connectivity index is 1.61. The average molecular weight is 510 g/mol. The Labute approximate surface area is 213 Å². The van der Waals surface area contributed by atoms with Gasteiger partial charge in [0.25, 0.3) is 0 Å². The van der Waals surface area contributed by atoms with Crippen LogP contribution in [-0.4, -0.2) is 45.6 Å². The number of carboxylic acids is 2. The zero-order chi connectivity index (χ0) is 26.7. The molecule has 196 valence electrons. The SMILES string of the molecule is C[C@H](C(=O)O)C(C)(/C=C/c1c2ccc(=O)cc-2oc2cc(O)ccc12)OCNC1CCC(C(=O)O)CC1. The molecule has 0 saturated heterocycles. The van der Waals surface area contributed by atoms with Gasteiger partial charge >= 0.3 is 11.9 Å². The number of aliphatic carboxylic acids is 2. The highest BCUT2D eigenvalue weighted by Gasteiger charge is 2.35. The van der Waals surface area contributed by atoms with E-state index in [-0.39, 0.29) is 29.9 Å². The number of fused-ring (bicyclic) bond motifs is 2. The Kier molecular flexibility index (Phi) is 7.65. The summed E-state index contributed by atoms with van der Waals surface area (Å²) in [5.41, 5.74) is 0.321. The normalized spacial score (nSPS) is 20.7. The smallest absolute Gasteiger partial charge is 0.309 e. The second-order valence-electron chi connectivity index (χ2n) is 9.81. The van der Waals surface area contributed by atoms with Crippen LogP contribution in [0.2, 0.25) is 0 Å². The number of rotatable bonds is 9. The van der Waals surface area contributed by atoms with Crippen molar-refractivity contribution in [2.45, 2.75) is 51.2 Å². The summed E-state index contributed by atoms with van der Waals surface area (Å²) in [6.07, 6.45) is 6.06. The van der Waals surface area contributed by atoms with Crippen molar-refractivity contribution < 1.29 is 34.1 Å². The first-order chi connectivity index (χ1) is 17.6. The van der Waals surface area contributed by atoms with E-state index in [1.807, 2.05) is 0 Å². The van der Waals surface area contributed by atoms with Gasteiger partial charge in [-0.05, 0) is 69.4 Å². The topological polar surface area (TPSA) is 146 Å². The van der Waals surface area contributed by atoms with Crippen molar-refractivity contribution in [3.8, 4) is 17.1 Å². The lowest BCUT2D eigenvalue weighted by molar-refractivity contribution is -0.151. The molecule has 2 aliphatic carbocycles. The Bertz CT molecular complexity index is 1350. The van der Waals surface area contributed by atoms with Gasteiger partial charge in [0.15, 0.2) is 5.43 Å². The third kappa shape index (κ3) is 5.84. The van der Waals surface area contributed by atoms with Gasteiger partial charge in [0, 0.05) is 29.1 Å². The highest BCUT2D eigenvalue weighted by Crippen LogP contribution is 2.36. The highest BCUT2D eigenvalue weighted by atomic mass is 16.5. The third-order valence-electron chi connectivity index (χ3n) is 7.36. The number of carboxylic acid groups (broad SMARTS) is 2. The van der Waals surface area contributed by atoms with Gasteiger partial charge in [0.2, 0.25) is 0 Å². The largest absolute Gasteiger partial charge is 0.508 e. The molecule has 0 spiro atoms. The molecule has 0 bridgehead atoms. The molecule has 1 saturated carbocycles. The molecule has 1 aromatic rings.